The molecule has 2 rings (SSSR count). The maximum absolute atomic E-state index is 11.6. The molecule has 0 unspecified atom stereocenters. The molecule has 1 nitrogen and oxygen atoms in total. The molecule has 0 aromatic rings. The van der Waals surface area contributed by atoms with E-state index in [0.29, 0.717) is 12.2 Å². The Labute approximate surface area is 87.0 Å². The van der Waals surface area contributed by atoms with E-state index in [1.165, 1.54) is 5.57 Å². The highest BCUT2D eigenvalue weighted by Crippen LogP contribution is 2.45. The Hall–Kier alpha value is -0.370. The number of carbonyl (C=O) groups is 1. The van der Waals surface area contributed by atoms with Crippen molar-refractivity contribution in [2.24, 2.45) is 5.41 Å². The molecule has 0 radical (unpaired) electrons. The summed E-state index contributed by atoms with van der Waals surface area (Å²) in [5.74, 6) is 0.315. The Morgan fingerprint density at radius 3 is 2.77 bits per heavy atom. The van der Waals surface area contributed by atoms with Gasteiger partial charge in [-0.3, -0.25) is 4.79 Å². The second-order valence-corrected chi connectivity index (χ2v) is 5.73. The molecule has 0 atom stereocenters. The minimum absolute atomic E-state index is 0.286. The molecule has 2 aliphatic rings. The maximum atomic E-state index is 11.6. The zero-order valence-corrected chi connectivity index (χ0v) is 9.57. The quantitative estimate of drug-likeness (QED) is 0.635. The molecule has 0 bridgehead atoms. The minimum atomic E-state index is 0.286. The van der Waals surface area contributed by atoms with E-state index in [4.69, 9.17) is 0 Å². The van der Waals surface area contributed by atoms with Crippen LogP contribution in [-0.4, -0.2) is 5.78 Å². The van der Waals surface area contributed by atoms with Crippen LogP contribution < -0.4 is 0 Å². The Morgan fingerprint density at radius 1 is 1.38 bits per heavy atom. The normalized spacial score (nSPS) is 26.1. The Bertz CT molecular complexity index is 334. The van der Waals surface area contributed by atoms with E-state index in [0.717, 1.165) is 22.9 Å². The van der Waals surface area contributed by atoms with E-state index in [1.54, 1.807) is 0 Å². The molecule has 0 saturated carbocycles. The summed E-state index contributed by atoms with van der Waals surface area (Å²) < 4.78 is 1.04. The lowest BCUT2D eigenvalue weighted by atomic mass is 9.89. The molecule has 0 N–H and O–H groups in total. The molecule has 2 heteroatoms. The van der Waals surface area contributed by atoms with Crippen LogP contribution in [0.2, 0.25) is 0 Å². The lowest BCUT2D eigenvalue weighted by Crippen LogP contribution is -2.08. The van der Waals surface area contributed by atoms with Gasteiger partial charge < -0.3 is 0 Å². The monoisotopic (exact) mass is 240 g/mol. The number of hydrogen-bond donors (Lipinski definition) is 0. The van der Waals surface area contributed by atoms with Gasteiger partial charge in [0.1, 0.15) is 0 Å². The molecule has 0 saturated heterocycles. The number of carbonyl (C=O) groups excluding carboxylic acids is 1. The fraction of sp³-hybridized carbons (Fsp3) is 0.545. The number of ketones is 1. The first kappa shape index (κ1) is 9.20. The third-order valence-corrected chi connectivity index (χ3v) is 3.22. The van der Waals surface area contributed by atoms with E-state index in [9.17, 15) is 4.79 Å². The molecule has 0 heterocycles. The third kappa shape index (κ3) is 1.64. The molecule has 0 fully saturated rings. The summed E-state index contributed by atoms with van der Waals surface area (Å²) in [7, 11) is 0. The molecule has 0 aromatic heterocycles. The molecule has 0 aromatic carbocycles. The molecular weight excluding hydrogens is 228 g/mol. The van der Waals surface area contributed by atoms with Gasteiger partial charge >= 0.3 is 0 Å². The van der Waals surface area contributed by atoms with E-state index in [-0.39, 0.29) is 5.41 Å². The summed E-state index contributed by atoms with van der Waals surface area (Å²) >= 11 is 3.41. The Kier molecular flexibility index (Phi) is 1.99. The molecular formula is C11H13BrO. The van der Waals surface area contributed by atoms with E-state index >= 15 is 0 Å². The highest BCUT2D eigenvalue weighted by Gasteiger charge is 2.34. The van der Waals surface area contributed by atoms with Crippen LogP contribution in [0.3, 0.4) is 0 Å². The number of Topliss-reactive ketones (excluding diaryl/α,β-unsaturated/α-hetero) is 1. The van der Waals surface area contributed by atoms with Crippen molar-refractivity contribution < 1.29 is 4.79 Å². The van der Waals surface area contributed by atoms with Crippen LogP contribution in [0.15, 0.2) is 21.7 Å². The van der Waals surface area contributed by atoms with E-state index < -0.39 is 0 Å². The van der Waals surface area contributed by atoms with Crippen LogP contribution in [-0.2, 0) is 4.79 Å². The number of halogens is 1. The molecule has 2 aliphatic carbocycles. The standard InChI is InChI=1S/C11H13BrO/c1-11(2)5-7-3-8(12)4-10(13)9(7)6-11/h3H,4-6H2,1-2H3. The van der Waals surface area contributed by atoms with Crippen molar-refractivity contribution in [1.29, 1.82) is 0 Å². The van der Waals surface area contributed by atoms with Crippen molar-refractivity contribution in [2.75, 3.05) is 0 Å². The smallest absolute Gasteiger partial charge is 0.164 e. The number of allylic oxidation sites excluding steroid dienone is 4. The van der Waals surface area contributed by atoms with Crippen molar-refractivity contribution >= 4 is 21.7 Å². The lowest BCUT2D eigenvalue weighted by molar-refractivity contribution is -0.115. The first-order valence-electron chi connectivity index (χ1n) is 4.59. The second-order valence-electron chi connectivity index (χ2n) is 4.71. The van der Waals surface area contributed by atoms with Crippen molar-refractivity contribution in [3.8, 4) is 0 Å². The summed E-state index contributed by atoms with van der Waals surface area (Å²) in [4.78, 5) is 11.6. The van der Waals surface area contributed by atoms with Gasteiger partial charge in [0.05, 0.1) is 0 Å². The maximum Gasteiger partial charge on any atom is 0.164 e. The summed E-state index contributed by atoms with van der Waals surface area (Å²) in [6.45, 7) is 4.45. The highest BCUT2D eigenvalue weighted by molar-refractivity contribution is 9.11. The molecule has 0 aliphatic heterocycles. The van der Waals surface area contributed by atoms with E-state index in [2.05, 4.69) is 35.9 Å². The van der Waals surface area contributed by atoms with Crippen LogP contribution in [0.4, 0.5) is 0 Å². The van der Waals surface area contributed by atoms with Crippen LogP contribution in [0.25, 0.3) is 0 Å². The van der Waals surface area contributed by atoms with Gasteiger partial charge in [-0.2, -0.15) is 0 Å². The molecule has 13 heavy (non-hydrogen) atoms. The second kappa shape index (κ2) is 2.81. The summed E-state index contributed by atoms with van der Waals surface area (Å²) in [5, 5.41) is 0. The van der Waals surface area contributed by atoms with Gasteiger partial charge in [0.2, 0.25) is 0 Å². The summed E-state index contributed by atoms with van der Waals surface area (Å²) in [6.07, 6.45) is 4.70. The van der Waals surface area contributed by atoms with Crippen molar-refractivity contribution in [3.05, 3.63) is 21.7 Å². The summed E-state index contributed by atoms with van der Waals surface area (Å²) in [6, 6.07) is 0. The molecule has 0 amide bonds. The average Bonchev–Trinajstić information content (AvgIpc) is 2.23. The van der Waals surface area contributed by atoms with Crippen LogP contribution in [0.5, 0.6) is 0 Å². The van der Waals surface area contributed by atoms with Gasteiger partial charge in [-0.15, -0.1) is 0 Å². The van der Waals surface area contributed by atoms with Crippen molar-refractivity contribution in [3.63, 3.8) is 0 Å². The number of rotatable bonds is 0. The van der Waals surface area contributed by atoms with Gasteiger partial charge in [0.25, 0.3) is 0 Å². The fourth-order valence-electron chi connectivity index (χ4n) is 2.19. The average molecular weight is 241 g/mol. The minimum Gasteiger partial charge on any atom is -0.294 e. The van der Waals surface area contributed by atoms with Gasteiger partial charge in [0, 0.05) is 10.9 Å². The predicted octanol–water partition coefficient (Wildman–Crippen LogP) is 3.35. The van der Waals surface area contributed by atoms with Crippen LogP contribution in [0.1, 0.15) is 33.1 Å². The Balaban J connectivity index is 2.36. The lowest BCUT2D eigenvalue weighted by Gasteiger charge is -2.16. The van der Waals surface area contributed by atoms with E-state index in [1.807, 2.05) is 0 Å². The van der Waals surface area contributed by atoms with Crippen LogP contribution in [0, 0.1) is 5.41 Å². The number of hydrogen-bond acceptors (Lipinski definition) is 1. The van der Waals surface area contributed by atoms with Crippen molar-refractivity contribution in [2.45, 2.75) is 33.1 Å². The van der Waals surface area contributed by atoms with Gasteiger partial charge in [-0.05, 0) is 35.5 Å². The van der Waals surface area contributed by atoms with Gasteiger partial charge in [0.15, 0.2) is 5.78 Å². The molecule has 70 valence electrons. The summed E-state index contributed by atoms with van der Waals surface area (Å²) in [5.41, 5.74) is 2.62. The largest absolute Gasteiger partial charge is 0.294 e. The van der Waals surface area contributed by atoms with Gasteiger partial charge in [-0.1, -0.05) is 29.8 Å². The van der Waals surface area contributed by atoms with Gasteiger partial charge in [-0.25, -0.2) is 0 Å². The SMILES string of the molecule is CC1(C)CC2=C(C1)C(=O)CC(Br)=C2. The van der Waals surface area contributed by atoms with Crippen molar-refractivity contribution in [1.82, 2.24) is 0 Å². The zero-order valence-electron chi connectivity index (χ0n) is 7.98. The molecule has 0 spiro atoms. The first-order valence-corrected chi connectivity index (χ1v) is 5.38. The highest BCUT2D eigenvalue weighted by atomic mass is 79.9. The van der Waals surface area contributed by atoms with Crippen LogP contribution >= 0.6 is 15.9 Å². The first-order chi connectivity index (χ1) is 5.98. The zero-order chi connectivity index (χ0) is 9.64. The Morgan fingerprint density at radius 2 is 2.08 bits per heavy atom. The topological polar surface area (TPSA) is 17.1 Å². The predicted molar refractivity (Wildman–Crippen MR) is 56.7 cm³/mol. The fourth-order valence-corrected chi connectivity index (χ4v) is 2.72. The third-order valence-electron chi connectivity index (χ3n) is 2.71.